The number of amides is 1. The van der Waals surface area contributed by atoms with Gasteiger partial charge in [0.05, 0.1) is 12.0 Å². The van der Waals surface area contributed by atoms with Crippen molar-refractivity contribution in [2.45, 2.75) is 77.2 Å². The van der Waals surface area contributed by atoms with Crippen molar-refractivity contribution in [3.63, 3.8) is 0 Å². The lowest BCUT2D eigenvalue weighted by Crippen LogP contribution is -2.85. The summed E-state index contributed by atoms with van der Waals surface area (Å²) in [5.41, 5.74) is 0.521. The van der Waals surface area contributed by atoms with E-state index in [4.69, 9.17) is 9.47 Å². The SMILES string of the molecule is C=C1C[C@]23CC[C@H]1CC2[C@@]12CCC[C@@]4(C)C(=O)N(CCO)[C@H]1O[C@@H]3[C@@H](OC(C)=O)[C@@H]24. The van der Waals surface area contributed by atoms with Crippen molar-refractivity contribution in [1.82, 2.24) is 4.90 Å². The smallest absolute Gasteiger partial charge is 0.303 e. The van der Waals surface area contributed by atoms with Crippen LogP contribution in [-0.4, -0.2) is 53.5 Å². The van der Waals surface area contributed by atoms with E-state index in [-0.39, 0.29) is 53.7 Å². The number of allylic oxidation sites excluding steroid dienone is 1. The van der Waals surface area contributed by atoms with E-state index < -0.39 is 5.41 Å². The summed E-state index contributed by atoms with van der Waals surface area (Å²) in [5, 5.41) is 9.76. The molecule has 2 spiro atoms. The van der Waals surface area contributed by atoms with E-state index in [1.807, 2.05) is 4.90 Å². The second-order valence-electron chi connectivity index (χ2n) is 11.2. The summed E-state index contributed by atoms with van der Waals surface area (Å²) in [6.45, 7) is 8.23. The lowest BCUT2D eigenvalue weighted by Gasteiger charge is -2.79. The van der Waals surface area contributed by atoms with Crippen LogP contribution in [0.4, 0.5) is 0 Å². The Morgan fingerprint density at radius 2 is 2.17 bits per heavy atom. The van der Waals surface area contributed by atoms with Crippen molar-refractivity contribution in [2.75, 3.05) is 13.2 Å². The number of fused-ring (bicyclic) bond motifs is 2. The first-order valence-corrected chi connectivity index (χ1v) is 11.7. The molecular weight excluding hydrogens is 382 g/mol. The molecule has 1 unspecified atom stereocenters. The summed E-state index contributed by atoms with van der Waals surface area (Å²) in [6, 6.07) is 0. The number of carbonyl (C=O) groups is 2. The van der Waals surface area contributed by atoms with Gasteiger partial charge >= 0.3 is 5.97 Å². The quantitative estimate of drug-likeness (QED) is 0.567. The molecule has 0 radical (unpaired) electrons. The molecule has 8 aliphatic rings. The molecule has 30 heavy (non-hydrogen) atoms. The van der Waals surface area contributed by atoms with Gasteiger partial charge in [-0.3, -0.25) is 9.59 Å². The fraction of sp³-hybridized carbons (Fsp3) is 0.833. The van der Waals surface area contributed by atoms with Gasteiger partial charge in [0.2, 0.25) is 5.91 Å². The number of carbonyl (C=O) groups excluding carboxylic acids is 2. The lowest BCUT2D eigenvalue weighted by atomic mass is 9.32. The van der Waals surface area contributed by atoms with Crippen molar-refractivity contribution in [3.05, 3.63) is 12.2 Å². The number of likely N-dealkylation sites (tertiary alicyclic amines) is 1. The van der Waals surface area contributed by atoms with Gasteiger partial charge in [-0.25, -0.2) is 0 Å². The third kappa shape index (κ3) is 1.95. The van der Waals surface area contributed by atoms with E-state index in [9.17, 15) is 14.7 Å². The number of ether oxygens (including phenoxy) is 2. The van der Waals surface area contributed by atoms with Crippen molar-refractivity contribution < 1.29 is 24.2 Å². The molecule has 3 aliphatic heterocycles. The molecule has 3 saturated heterocycles. The van der Waals surface area contributed by atoms with Crippen LogP contribution < -0.4 is 0 Å². The number of hydrogen-bond acceptors (Lipinski definition) is 5. The number of esters is 1. The molecule has 5 aliphatic carbocycles. The number of β-amino-alcohol motifs (C(OH)–C–C–N with tert-alkyl or cyclic N) is 1. The summed E-state index contributed by atoms with van der Waals surface area (Å²) in [7, 11) is 0. The van der Waals surface area contributed by atoms with E-state index in [2.05, 4.69) is 13.5 Å². The minimum Gasteiger partial charge on any atom is -0.459 e. The fourth-order valence-electron chi connectivity index (χ4n) is 9.44. The molecule has 1 N–H and O–H groups in total. The molecule has 0 aromatic heterocycles. The number of rotatable bonds is 3. The molecule has 0 aromatic rings. The van der Waals surface area contributed by atoms with Crippen LogP contribution in [0.1, 0.15) is 58.8 Å². The molecule has 8 rings (SSSR count). The molecule has 164 valence electrons. The van der Waals surface area contributed by atoms with Gasteiger partial charge in [-0.2, -0.15) is 0 Å². The molecule has 6 heteroatoms. The standard InChI is InChI=1S/C24H33NO5/c1-13-12-23-8-5-15(13)11-16(23)24-7-4-6-22(3)18(24)17(29-14(2)27)19(23)30-21(24)25(9-10-26)20(22)28/h15-19,21,26H,1,4-12H2,2-3H3/t15-,16?,17-,18+,19+,21-,22+,23+,24+/m0/s1. The van der Waals surface area contributed by atoms with Crippen LogP contribution >= 0.6 is 0 Å². The first kappa shape index (κ1) is 19.3. The Balaban J connectivity index is 1.58. The van der Waals surface area contributed by atoms with E-state index in [0.29, 0.717) is 18.4 Å². The summed E-state index contributed by atoms with van der Waals surface area (Å²) >= 11 is 0. The lowest BCUT2D eigenvalue weighted by molar-refractivity contribution is -0.407. The maximum absolute atomic E-state index is 13.7. The van der Waals surface area contributed by atoms with Gasteiger partial charge in [0.15, 0.2) is 0 Å². The highest BCUT2D eigenvalue weighted by Crippen LogP contribution is 2.78. The van der Waals surface area contributed by atoms with Crippen LogP contribution in [0.5, 0.6) is 0 Å². The molecule has 7 bridgehead atoms. The average molecular weight is 416 g/mol. The normalized spacial score (nSPS) is 53.0. The van der Waals surface area contributed by atoms with Gasteiger partial charge in [-0.05, 0) is 50.4 Å². The Kier molecular flexibility index (Phi) is 3.79. The van der Waals surface area contributed by atoms with Gasteiger partial charge < -0.3 is 19.5 Å². The first-order chi connectivity index (χ1) is 14.3. The van der Waals surface area contributed by atoms with Gasteiger partial charge in [0, 0.05) is 30.2 Å². The van der Waals surface area contributed by atoms with E-state index in [1.165, 1.54) is 12.5 Å². The number of nitrogens with zero attached hydrogens (tertiary/aromatic N) is 1. The van der Waals surface area contributed by atoms with Crippen LogP contribution in [-0.2, 0) is 19.1 Å². The van der Waals surface area contributed by atoms with Crippen molar-refractivity contribution in [2.24, 2.45) is 34.0 Å². The van der Waals surface area contributed by atoms with E-state index in [1.54, 1.807) is 0 Å². The molecule has 6 nitrogen and oxygen atoms in total. The maximum atomic E-state index is 13.7. The third-order valence-electron chi connectivity index (χ3n) is 10.1. The first-order valence-electron chi connectivity index (χ1n) is 11.7. The summed E-state index contributed by atoms with van der Waals surface area (Å²) < 4.78 is 12.9. The monoisotopic (exact) mass is 415 g/mol. The molecule has 9 atom stereocenters. The van der Waals surface area contributed by atoms with Crippen LogP contribution in [0.25, 0.3) is 0 Å². The zero-order chi connectivity index (χ0) is 21.1. The Labute approximate surface area is 178 Å². The minimum atomic E-state index is -0.568. The third-order valence-corrected chi connectivity index (χ3v) is 10.1. The van der Waals surface area contributed by atoms with Crippen molar-refractivity contribution >= 4 is 11.9 Å². The van der Waals surface area contributed by atoms with Gasteiger partial charge in [0.25, 0.3) is 0 Å². The second kappa shape index (κ2) is 5.89. The van der Waals surface area contributed by atoms with E-state index >= 15 is 0 Å². The Bertz CT molecular complexity index is 841. The number of hydrogen-bond donors (Lipinski definition) is 1. The molecular formula is C24H33NO5. The predicted octanol–water partition coefficient (Wildman–Crippen LogP) is 2.65. The maximum Gasteiger partial charge on any atom is 0.303 e. The van der Waals surface area contributed by atoms with E-state index in [0.717, 1.165) is 44.9 Å². The van der Waals surface area contributed by atoms with Crippen molar-refractivity contribution in [1.29, 1.82) is 0 Å². The Morgan fingerprint density at radius 1 is 1.37 bits per heavy atom. The zero-order valence-electron chi connectivity index (χ0n) is 18.1. The van der Waals surface area contributed by atoms with Crippen molar-refractivity contribution in [3.8, 4) is 0 Å². The summed E-state index contributed by atoms with van der Waals surface area (Å²) in [6.07, 6.45) is 6.25. The van der Waals surface area contributed by atoms with Crippen LogP contribution in [0, 0.1) is 34.0 Å². The highest BCUT2D eigenvalue weighted by molar-refractivity contribution is 5.85. The van der Waals surface area contributed by atoms with Gasteiger partial charge in [-0.1, -0.05) is 25.5 Å². The Hall–Kier alpha value is -1.40. The highest BCUT2D eigenvalue weighted by Gasteiger charge is 2.82. The van der Waals surface area contributed by atoms with Crippen LogP contribution in [0.2, 0.25) is 0 Å². The largest absolute Gasteiger partial charge is 0.459 e. The second-order valence-corrected chi connectivity index (χ2v) is 11.2. The Morgan fingerprint density at radius 3 is 2.87 bits per heavy atom. The average Bonchev–Trinajstić information content (AvgIpc) is 2.70. The number of piperidine rings is 1. The number of aliphatic hydroxyl groups excluding tert-OH is 1. The number of aliphatic hydroxyl groups is 1. The molecule has 0 aromatic carbocycles. The molecule has 3 heterocycles. The predicted molar refractivity (Wildman–Crippen MR) is 108 cm³/mol. The topological polar surface area (TPSA) is 76.1 Å². The highest BCUT2D eigenvalue weighted by atomic mass is 16.6. The summed E-state index contributed by atoms with van der Waals surface area (Å²) in [5.74, 6) is 0.806. The minimum absolute atomic E-state index is 0.00270. The fourth-order valence-corrected chi connectivity index (χ4v) is 9.44. The van der Waals surface area contributed by atoms with Crippen LogP contribution in [0.3, 0.4) is 0 Å². The molecule has 8 fully saturated rings. The van der Waals surface area contributed by atoms with Gasteiger partial charge in [-0.15, -0.1) is 0 Å². The zero-order valence-corrected chi connectivity index (χ0v) is 18.1. The summed E-state index contributed by atoms with van der Waals surface area (Å²) in [4.78, 5) is 27.8. The van der Waals surface area contributed by atoms with Crippen LogP contribution in [0.15, 0.2) is 12.2 Å². The van der Waals surface area contributed by atoms with Gasteiger partial charge in [0.1, 0.15) is 18.4 Å². The molecule has 1 amide bonds. The molecule has 5 saturated carbocycles.